The molecule has 3 rings (SSSR count). The van der Waals surface area contributed by atoms with Crippen LogP contribution in [-0.4, -0.2) is 16.9 Å². The summed E-state index contributed by atoms with van der Waals surface area (Å²) in [4.78, 5) is 24.0. The maximum absolute atomic E-state index is 12.1. The second-order valence-corrected chi connectivity index (χ2v) is 4.62. The largest absolute Gasteiger partial charge is 0.369 e. The third-order valence-electron chi connectivity index (χ3n) is 3.37. The SMILES string of the molecule is CC(=O)c1c(-c2ccccc2)cc(=O)n2c1NCC2. The van der Waals surface area contributed by atoms with Crippen molar-refractivity contribution in [1.29, 1.82) is 0 Å². The molecule has 0 bridgehead atoms. The first kappa shape index (κ1) is 11.7. The highest BCUT2D eigenvalue weighted by molar-refractivity contribution is 6.05. The highest BCUT2D eigenvalue weighted by Gasteiger charge is 2.22. The van der Waals surface area contributed by atoms with Gasteiger partial charge in [-0.25, -0.2) is 0 Å². The van der Waals surface area contributed by atoms with Crippen molar-refractivity contribution in [3.63, 3.8) is 0 Å². The number of aromatic nitrogens is 1. The standard InChI is InChI=1S/C15H14N2O2/c1-10(18)14-12(11-5-3-2-4-6-11)9-13(19)17-8-7-16-15(14)17/h2-6,9,16H,7-8H2,1H3. The second kappa shape index (κ2) is 4.39. The van der Waals surface area contributed by atoms with Gasteiger partial charge in [-0.3, -0.25) is 14.2 Å². The number of hydrogen-bond acceptors (Lipinski definition) is 3. The summed E-state index contributed by atoms with van der Waals surface area (Å²) in [7, 11) is 0. The Morgan fingerprint density at radius 3 is 2.68 bits per heavy atom. The Morgan fingerprint density at radius 1 is 1.26 bits per heavy atom. The molecule has 1 aromatic carbocycles. The average Bonchev–Trinajstić information content (AvgIpc) is 2.88. The molecule has 1 aliphatic heterocycles. The van der Waals surface area contributed by atoms with Gasteiger partial charge >= 0.3 is 0 Å². The molecule has 19 heavy (non-hydrogen) atoms. The van der Waals surface area contributed by atoms with Crippen molar-refractivity contribution in [3.05, 3.63) is 52.3 Å². The number of rotatable bonds is 2. The van der Waals surface area contributed by atoms with Crippen LogP contribution in [0.25, 0.3) is 11.1 Å². The summed E-state index contributed by atoms with van der Waals surface area (Å²) < 4.78 is 1.63. The zero-order valence-corrected chi connectivity index (χ0v) is 10.6. The number of nitrogens with zero attached hydrogens (tertiary/aromatic N) is 1. The predicted octanol–water partition coefficient (Wildman–Crippen LogP) is 2.14. The first-order chi connectivity index (χ1) is 9.18. The lowest BCUT2D eigenvalue weighted by atomic mass is 9.98. The van der Waals surface area contributed by atoms with Crippen LogP contribution in [-0.2, 0) is 6.54 Å². The van der Waals surface area contributed by atoms with Gasteiger partial charge in [0, 0.05) is 24.7 Å². The molecule has 4 nitrogen and oxygen atoms in total. The molecule has 0 saturated heterocycles. The van der Waals surface area contributed by atoms with Crippen LogP contribution < -0.4 is 10.9 Å². The van der Waals surface area contributed by atoms with Gasteiger partial charge in [-0.1, -0.05) is 30.3 Å². The van der Waals surface area contributed by atoms with Crippen molar-refractivity contribution in [1.82, 2.24) is 4.57 Å². The Morgan fingerprint density at radius 2 is 2.00 bits per heavy atom. The Kier molecular flexibility index (Phi) is 2.71. The number of benzene rings is 1. The first-order valence-corrected chi connectivity index (χ1v) is 6.26. The highest BCUT2D eigenvalue weighted by atomic mass is 16.1. The van der Waals surface area contributed by atoms with E-state index in [9.17, 15) is 9.59 Å². The third-order valence-corrected chi connectivity index (χ3v) is 3.37. The van der Waals surface area contributed by atoms with Crippen LogP contribution in [0.5, 0.6) is 0 Å². The van der Waals surface area contributed by atoms with Gasteiger partial charge in [0.1, 0.15) is 5.82 Å². The normalized spacial score (nSPS) is 12.9. The molecule has 0 unspecified atom stereocenters. The Labute approximate surface area is 110 Å². The molecule has 0 spiro atoms. The highest BCUT2D eigenvalue weighted by Crippen LogP contribution is 2.29. The topological polar surface area (TPSA) is 51.1 Å². The number of carbonyl (C=O) groups is 1. The lowest BCUT2D eigenvalue weighted by Gasteiger charge is -2.13. The van der Waals surface area contributed by atoms with E-state index in [4.69, 9.17) is 0 Å². The zero-order valence-electron chi connectivity index (χ0n) is 10.6. The minimum Gasteiger partial charge on any atom is -0.369 e. The van der Waals surface area contributed by atoms with Crippen molar-refractivity contribution in [3.8, 4) is 11.1 Å². The van der Waals surface area contributed by atoms with Crippen molar-refractivity contribution >= 4 is 11.6 Å². The summed E-state index contributed by atoms with van der Waals surface area (Å²) in [5, 5.41) is 3.14. The molecule has 96 valence electrons. The predicted molar refractivity (Wildman–Crippen MR) is 74.6 cm³/mol. The van der Waals surface area contributed by atoms with Gasteiger partial charge in [0.25, 0.3) is 5.56 Å². The van der Waals surface area contributed by atoms with Crippen LogP contribution >= 0.6 is 0 Å². The molecule has 1 aromatic heterocycles. The Hall–Kier alpha value is -2.36. The molecule has 0 fully saturated rings. The second-order valence-electron chi connectivity index (χ2n) is 4.62. The molecule has 2 aromatic rings. The van der Waals surface area contributed by atoms with Gasteiger partial charge in [0.15, 0.2) is 5.78 Å². The maximum Gasteiger partial charge on any atom is 0.252 e. The van der Waals surface area contributed by atoms with Gasteiger partial charge in [0.05, 0.1) is 5.56 Å². The van der Waals surface area contributed by atoms with E-state index in [-0.39, 0.29) is 11.3 Å². The number of nitrogens with one attached hydrogen (secondary N) is 1. The van der Waals surface area contributed by atoms with E-state index >= 15 is 0 Å². The maximum atomic E-state index is 12.1. The number of fused-ring (bicyclic) bond motifs is 1. The summed E-state index contributed by atoms with van der Waals surface area (Å²) in [5.74, 6) is 0.621. The number of carbonyl (C=O) groups excluding carboxylic acids is 1. The summed E-state index contributed by atoms with van der Waals surface area (Å²) in [6.07, 6.45) is 0. The quantitative estimate of drug-likeness (QED) is 0.835. The van der Waals surface area contributed by atoms with Crippen LogP contribution in [0.15, 0.2) is 41.2 Å². The summed E-state index contributed by atoms with van der Waals surface area (Å²) in [6, 6.07) is 11.1. The van der Waals surface area contributed by atoms with Crippen LogP contribution in [0.2, 0.25) is 0 Å². The Balaban J connectivity index is 2.34. The van der Waals surface area contributed by atoms with Crippen molar-refractivity contribution in [2.45, 2.75) is 13.5 Å². The van der Waals surface area contributed by atoms with Gasteiger partial charge in [-0.05, 0) is 12.5 Å². The molecule has 0 atom stereocenters. The molecule has 0 amide bonds. The van der Waals surface area contributed by atoms with E-state index in [0.717, 1.165) is 5.56 Å². The molecule has 1 N–H and O–H groups in total. The molecular formula is C15H14N2O2. The Bertz CT molecular complexity index is 702. The summed E-state index contributed by atoms with van der Waals surface area (Å²) >= 11 is 0. The molecule has 0 radical (unpaired) electrons. The number of anilines is 1. The molecule has 0 aliphatic carbocycles. The minimum absolute atomic E-state index is 0.0306. The molecule has 1 aliphatic rings. The fraction of sp³-hybridized carbons (Fsp3) is 0.200. The zero-order chi connectivity index (χ0) is 13.4. The van der Waals surface area contributed by atoms with Crippen LogP contribution in [0.4, 0.5) is 5.82 Å². The van der Waals surface area contributed by atoms with Crippen molar-refractivity contribution in [2.24, 2.45) is 0 Å². The van der Waals surface area contributed by atoms with E-state index in [2.05, 4.69) is 5.32 Å². The van der Waals surface area contributed by atoms with Crippen molar-refractivity contribution < 1.29 is 4.79 Å². The lowest BCUT2D eigenvalue weighted by Crippen LogP contribution is -2.19. The van der Waals surface area contributed by atoms with E-state index in [1.54, 1.807) is 10.6 Å². The third kappa shape index (κ3) is 1.85. The number of ketones is 1. The van der Waals surface area contributed by atoms with Gasteiger partial charge in [0.2, 0.25) is 0 Å². The van der Waals surface area contributed by atoms with Crippen LogP contribution in [0.3, 0.4) is 0 Å². The van der Waals surface area contributed by atoms with Crippen LogP contribution in [0, 0.1) is 0 Å². The number of Topliss-reactive ketones (excluding diaryl/α,β-unsaturated/α-hetero) is 1. The first-order valence-electron chi connectivity index (χ1n) is 6.26. The van der Waals surface area contributed by atoms with E-state index in [1.807, 2.05) is 30.3 Å². The molecule has 0 saturated carbocycles. The minimum atomic E-state index is -0.0659. The monoisotopic (exact) mass is 254 g/mol. The fourth-order valence-electron chi connectivity index (χ4n) is 2.54. The van der Waals surface area contributed by atoms with Crippen molar-refractivity contribution in [2.75, 3.05) is 11.9 Å². The van der Waals surface area contributed by atoms with E-state index < -0.39 is 0 Å². The number of pyridine rings is 1. The molecular weight excluding hydrogens is 240 g/mol. The fourth-order valence-corrected chi connectivity index (χ4v) is 2.54. The van der Waals surface area contributed by atoms with E-state index in [1.165, 1.54) is 6.92 Å². The van der Waals surface area contributed by atoms with E-state index in [0.29, 0.717) is 30.0 Å². The summed E-state index contributed by atoms with van der Waals surface area (Å²) in [5.41, 5.74) is 2.13. The molecule has 4 heteroatoms. The lowest BCUT2D eigenvalue weighted by molar-refractivity contribution is 0.101. The summed E-state index contributed by atoms with van der Waals surface area (Å²) in [6.45, 7) is 2.84. The van der Waals surface area contributed by atoms with Crippen LogP contribution in [0.1, 0.15) is 17.3 Å². The van der Waals surface area contributed by atoms with Gasteiger partial charge in [-0.2, -0.15) is 0 Å². The number of hydrogen-bond donors (Lipinski definition) is 1. The smallest absolute Gasteiger partial charge is 0.252 e. The average molecular weight is 254 g/mol. The molecule has 2 heterocycles. The van der Waals surface area contributed by atoms with Gasteiger partial charge in [-0.15, -0.1) is 0 Å². The van der Waals surface area contributed by atoms with Gasteiger partial charge < -0.3 is 5.32 Å².